The lowest BCUT2D eigenvalue weighted by Crippen LogP contribution is -2.45. The van der Waals surface area contributed by atoms with Crippen molar-refractivity contribution in [1.82, 2.24) is 0 Å². The fourth-order valence-corrected chi connectivity index (χ4v) is 1.76. The molecule has 0 aromatic rings. The van der Waals surface area contributed by atoms with Gasteiger partial charge in [0.2, 0.25) is 0 Å². The van der Waals surface area contributed by atoms with Crippen LogP contribution in [0.1, 0.15) is 33.6 Å². The van der Waals surface area contributed by atoms with Crippen LogP contribution < -0.4 is 0 Å². The summed E-state index contributed by atoms with van der Waals surface area (Å²) < 4.78 is 15.7. The molecule has 1 rings (SSSR count). The highest BCUT2D eigenvalue weighted by molar-refractivity contribution is 5.70. The van der Waals surface area contributed by atoms with E-state index in [0.29, 0.717) is 13.0 Å². The van der Waals surface area contributed by atoms with E-state index < -0.39 is 11.9 Å². The Bertz CT molecular complexity index is 261. The van der Waals surface area contributed by atoms with Crippen molar-refractivity contribution in [2.75, 3.05) is 6.61 Å². The third-order valence-electron chi connectivity index (χ3n) is 2.23. The Balaban J connectivity index is 2.53. The van der Waals surface area contributed by atoms with Gasteiger partial charge >= 0.3 is 5.97 Å². The van der Waals surface area contributed by atoms with Crippen molar-refractivity contribution in [3.8, 4) is 0 Å². The predicted molar refractivity (Wildman–Crippen MR) is 55.8 cm³/mol. The van der Waals surface area contributed by atoms with Gasteiger partial charge in [-0.25, -0.2) is 0 Å². The Morgan fingerprint density at radius 3 is 2.75 bits per heavy atom. The monoisotopic (exact) mass is 230 g/mol. The minimum atomic E-state index is -0.832. The van der Waals surface area contributed by atoms with Crippen LogP contribution in [0.3, 0.4) is 0 Å². The molecule has 0 N–H and O–H groups in total. The van der Waals surface area contributed by atoms with Gasteiger partial charge in [-0.05, 0) is 20.8 Å². The van der Waals surface area contributed by atoms with Crippen molar-refractivity contribution in [2.45, 2.75) is 51.6 Å². The lowest BCUT2D eigenvalue weighted by atomic mass is 10.1. The maximum atomic E-state index is 11.3. The molecule has 92 valence electrons. The molecule has 0 aromatic heterocycles. The van der Waals surface area contributed by atoms with Crippen molar-refractivity contribution in [2.24, 2.45) is 0 Å². The first-order valence-corrected chi connectivity index (χ1v) is 5.43. The van der Waals surface area contributed by atoms with Gasteiger partial charge in [-0.2, -0.15) is 0 Å². The van der Waals surface area contributed by atoms with Gasteiger partial charge in [0.05, 0.1) is 19.1 Å². The van der Waals surface area contributed by atoms with Crippen LogP contribution in [0.2, 0.25) is 0 Å². The smallest absolute Gasteiger partial charge is 0.308 e. The van der Waals surface area contributed by atoms with E-state index in [1.54, 1.807) is 20.8 Å². The van der Waals surface area contributed by atoms with Crippen LogP contribution in [0.4, 0.5) is 0 Å². The van der Waals surface area contributed by atoms with Crippen LogP contribution in [0.5, 0.6) is 0 Å². The highest BCUT2D eigenvalue weighted by Gasteiger charge is 2.36. The number of esters is 1. The van der Waals surface area contributed by atoms with E-state index >= 15 is 0 Å². The lowest BCUT2D eigenvalue weighted by Gasteiger charge is -2.38. The zero-order chi connectivity index (χ0) is 12.2. The largest absolute Gasteiger partial charge is 0.466 e. The van der Waals surface area contributed by atoms with Gasteiger partial charge in [-0.1, -0.05) is 0 Å². The van der Waals surface area contributed by atoms with Gasteiger partial charge in [0.15, 0.2) is 5.79 Å². The molecular weight excluding hydrogens is 212 g/mol. The van der Waals surface area contributed by atoms with E-state index in [4.69, 9.17) is 14.2 Å². The zero-order valence-corrected chi connectivity index (χ0v) is 9.89. The van der Waals surface area contributed by atoms with E-state index in [2.05, 4.69) is 0 Å². The zero-order valence-electron chi connectivity index (χ0n) is 9.89. The summed E-state index contributed by atoms with van der Waals surface area (Å²) in [6.45, 7) is 5.55. The molecule has 1 aliphatic heterocycles. The average Bonchev–Trinajstić information content (AvgIpc) is 2.15. The minimum Gasteiger partial charge on any atom is -0.466 e. The SMILES string of the molecule is CCOC(=O)C[C@H]1C[C@@H](C=O)OC(C)(C)O1. The molecule has 0 bridgehead atoms. The minimum absolute atomic E-state index is 0.158. The fourth-order valence-electron chi connectivity index (χ4n) is 1.76. The number of carbonyl (C=O) groups is 2. The molecule has 5 heteroatoms. The van der Waals surface area contributed by atoms with Crippen molar-refractivity contribution >= 4 is 12.3 Å². The molecule has 1 heterocycles. The number of carbonyl (C=O) groups excluding carboxylic acids is 2. The van der Waals surface area contributed by atoms with Gasteiger partial charge in [0.1, 0.15) is 12.4 Å². The molecule has 5 nitrogen and oxygen atoms in total. The summed E-state index contributed by atoms with van der Waals surface area (Å²) in [5, 5.41) is 0. The van der Waals surface area contributed by atoms with E-state index in [1.807, 2.05) is 0 Å². The van der Waals surface area contributed by atoms with Crippen molar-refractivity contribution in [1.29, 1.82) is 0 Å². The molecule has 0 aliphatic carbocycles. The highest BCUT2D eigenvalue weighted by Crippen LogP contribution is 2.27. The number of ether oxygens (including phenoxy) is 3. The summed E-state index contributed by atoms with van der Waals surface area (Å²) in [7, 11) is 0. The normalized spacial score (nSPS) is 28.4. The molecule has 0 spiro atoms. The lowest BCUT2D eigenvalue weighted by molar-refractivity contribution is -0.291. The molecule has 1 fully saturated rings. The summed E-state index contributed by atoms with van der Waals surface area (Å²) in [5.41, 5.74) is 0. The maximum absolute atomic E-state index is 11.3. The van der Waals surface area contributed by atoms with Gasteiger partial charge in [0.25, 0.3) is 0 Å². The van der Waals surface area contributed by atoms with Crippen LogP contribution in [0.15, 0.2) is 0 Å². The maximum Gasteiger partial charge on any atom is 0.308 e. The van der Waals surface area contributed by atoms with Crippen molar-refractivity contribution in [3.63, 3.8) is 0 Å². The number of hydrogen-bond donors (Lipinski definition) is 0. The second-order valence-corrected chi connectivity index (χ2v) is 4.18. The van der Waals surface area contributed by atoms with Crippen molar-refractivity contribution < 1.29 is 23.8 Å². The number of rotatable bonds is 4. The van der Waals surface area contributed by atoms with Crippen LogP contribution >= 0.6 is 0 Å². The van der Waals surface area contributed by atoms with Crippen molar-refractivity contribution in [3.05, 3.63) is 0 Å². The molecule has 0 aromatic carbocycles. The van der Waals surface area contributed by atoms with Crippen LogP contribution in [-0.4, -0.2) is 36.9 Å². The molecular formula is C11H18O5. The Kier molecular flexibility index (Phi) is 4.44. The van der Waals surface area contributed by atoms with Gasteiger partial charge in [-0.15, -0.1) is 0 Å². The second-order valence-electron chi connectivity index (χ2n) is 4.18. The summed E-state index contributed by atoms with van der Waals surface area (Å²) in [4.78, 5) is 22.0. The predicted octanol–water partition coefficient (Wildman–Crippen LogP) is 1.05. The molecule has 0 amide bonds. The average molecular weight is 230 g/mol. The third kappa shape index (κ3) is 3.90. The molecule has 16 heavy (non-hydrogen) atoms. The number of aldehydes is 1. The first kappa shape index (κ1) is 13.1. The molecule has 1 aliphatic rings. The number of hydrogen-bond acceptors (Lipinski definition) is 5. The molecule has 0 unspecified atom stereocenters. The van der Waals surface area contributed by atoms with Gasteiger partial charge in [0, 0.05) is 6.42 Å². The standard InChI is InChI=1S/C11H18O5/c1-4-14-10(13)6-8-5-9(7-12)16-11(2,3)15-8/h7-9H,4-6H2,1-3H3/t8-,9+/m1/s1. The van der Waals surface area contributed by atoms with Crippen LogP contribution in [0, 0.1) is 0 Å². The van der Waals surface area contributed by atoms with Gasteiger partial charge in [-0.3, -0.25) is 4.79 Å². The third-order valence-corrected chi connectivity index (χ3v) is 2.23. The summed E-state index contributed by atoms with van der Waals surface area (Å²) >= 11 is 0. The van der Waals surface area contributed by atoms with Crippen LogP contribution in [0.25, 0.3) is 0 Å². The Morgan fingerprint density at radius 2 is 2.19 bits per heavy atom. The quantitative estimate of drug-likeness (QED) is 0.533. The van der Waals surface area contributed by atoms with E-state index in [0.717, 1.165) is 6.29 Å². The summed E-state index contributed by atoms with van der Waals surface area (Å²) in [5.74, 6) is -1.14. The second kappa shape index (κ2) is 5.41. The topological polar surface area (TPSA) is 61.8 Å². The molecule has 0 radical (unpaired) electrons. The fraction of sp³-hybridized carbons (Fsp3) is 0.818. The van der Waals surface area contributed by atoms with Gasteiger partial charge < -0.3 is 19.0 Å². The highest BCUT2D eigenvalue weighted by atomic mass is 16.7. The van der Waals surface area contributed by atoms with Crippen LogP contribution in [-0.2, 0) is 23.8 Å². The van der Waals surface area contributed by atoms with E-state index in [-0.39, 0.29) is 18.5 Å². The Morgan fingerprint density at radius 1 is 1.50 bits per heavy atom. The van der Waals surface area contributed by atoms with E-state index in [1.165, 1.54) is 0 Å². The first-order chi connectivity index (χ1) is 7.46. The Labute approximate surface area is 95.0 Å². The summed E-state index contributed by atoms with van der Waals surface area (Å²) in [6.07, 6.45) is 0.459. The first-order valence-electron chi connectivity index (χ1n) is 5.43. The molecule has 2 atom stereocenters. The van der Waals surface area contributed by atoms with E-state index in [9.17, 15) is 9.59 Å². The Hall–Kier alpha value is -0.940. The molecule has 1 saturated heterocycles. The summed E-state index contributed by atoms with van der Waals surface area (Å²) in [6, 6.07) is 0. The molecule has 0 saturated carbocycles.